The normalized spacial score (nSPS) is 11.6. The second-order valence-electron chi connectivity index (χ2n) is 3.62. The van der Waals surface area contributed by atoms with Crippen LogP contribution in [0.15, 0.2) is 12.3 Å². The number of hydrogen-bond acceptors (Lipinski definition) is 6. The number of nitrogens with two attached hydrogens (primary N) is 1. The van der Waals surface area contributed by atoms with E-state index in [1.165, 1.54) is 4.68 Å². The smallest absolute Gasteiger partial charge is 0.433 e. The first-order valence-electron chi connectivity index (χ1n) is 5.04. The molecule has 0 saturated heterocycles. The Morgan fingerprint density at radius 1 is 1.37 bits per heavy atom. The van der Waals surface area contributed by atoms with Crippen LogP contribution in [0.2, 0.25) is 0 Å². The molecule has 0 aromatic carbocycles. The molecule has 0 fully saturated rings. The highest BCUT2D eigenvalue weighted by molar-refractivity contribution is 5.27. The second kappa shape index (κ2) is 4.71. The van der Waals surface area contributed by atoms with Crippen molar-refractivity contribution < 1.29 is 17.9 Å². The maximum absolute atomic E-state index is 12.5. The van der Waals surface area contributed by atoms with Crippen molar-refractivity contribution in [2.24, 2.45) is 7.05 Å². The van der Waals surface area contributed by atoms with Crippen molar-refractivity contribution in [2.75, 3.05) is 5.73 Å². The molecule has 7 nitrogen and oxygen atoms in total. The first-order valence-corrected chi connectivity index (χ1v) is 5.04. The molecule has 2 aromatic rings. The molecule has 0 saturated carbocycles. The van der Waals surface area contributed by atoms with Crippen molar-refractivity contribution in [3.05, 3.63) is 23.7 Å². The largest absolute Gasteiger partial charge is 0.471 e. The van der Waals surface area contributed by atoms with Crippen molar-refractivity contribution >= 4 is 5.95 Å². The highest BCUT2D eigenvalue weighted by Gasteiger charge is 2.33. The van der Waals surface area contributed by atoms with Gasteiger partial charge in [-0.3, -0.25) is 4.68 Å². The lowest BCUT2D eigenvalue weighted by Gasteiger charge is -2.08. The number of hydrogen-bond donors (Lipinski definition) is 1. The van der Waals surface area contributed by atoms with E-state index in [0.29, 0.717) is 11.8 Å². The summed E-state index contributed by atoms with van der Waals surface area (Å²) in [6.07, 6.45) is -3.04. The molecular weight excluding hydrogens is 265 g/mol. The summed E-state index contributed by atoms with van der Waals surface area (Å²) < 4.78 is 44.0. The van der Waals surface area contributed by atoms with E-state index in [4.69, 9.17) is 10.5 Å². The predicted octanol–water partition coefficient (Wildman–Crippen LogP) is 0.785. The zero-order valence-electron chi connectivity index (χ0n) is 9.72. The molecule has 0 spiro atoms. The summed E-state index contributed by atoms with van der Waals surface area (Å²) >= 11 is 0. The molecule has 10 heteroatoms. The Hall–Kier alpha value is -2.39. The molecule has 0 unspecified atom stereocenters. The third-order valence-electron chi connectivity index (χ3n) is 2.03. The molecule has 0 amide bonds. The maximum atomic E-state index is 12.5. The van der Waals surface area contributed by atoms with Gasteiger partial charge in [-0.1, -0.05) is 5.21 Å². The van der Waals surface area contributed by atoms with Gasteiger partial charge in [0.1, 0.15) is 12.3 Å². The van der Waals surface area contributed by atoms with E-state index >= 15 is 0 Å². The Kier molecular flexibility index (Phi) is 3.23. The van der Waals surface area contributed by atoms with Gasteiger partial charge in [0.2, 0.25) is 11.8 Å². The summed E-state index contributed by atoms with van der Waals surface area (Å²) in [5.74, 6) is -0.783. The summed E-state index contributed by atoms with van der Waals surface area (Å²) in [6.45, 7) is -0.0679. The van der Waals surface area contributed by atoms with Crippen molar-refractivity contribution in [3.8, 4) is 5.88 Å². The van der Waals surface area contributed by atoms with E-state index in [-0.39, 0.29) is 12.5 Å². The Balaban J connectivity index is 2.14. The summed E-state index contributed by atoms with van der Waals surface area (Å²) in [7, 11) is 1.65. The minimum absolute atomic E-state index is 0.0679. The van der Waals surface area contributed by atoms with Crippen LogP contribution in [0.5, 0.6) is 5.88 Å². The molecule has 2 heterocycles. The van der Waals surface area contributed by atoms with Gasteiger partial charge < -0.3 is 10.5 Å². The fourth-order valence-corrected chi connectivity index (χ4v) is 1.27. The van der Waals surface area contributed by atoms with Crippen molar-refractivity contribution in [1.82, 2.24) is 25.0 Å². The lowest BCUT2D eigenvalue weighted by molar-refractivity contribution is -0.141. The van der Waals surface area contributed by atoms with Crippen LogP contribution in [0.3, 0.4) is 0 Å². The number of nitrogens with zero attached hydrogens (tertiary/aromatic N) is 5. The van der Waals surface area contributed by atoms with Crippen LogP contribution >= 0.6 is 0 Å². The molecule has 0 aliphatic rings. The number of nitrogen functional groups attached to an aromatic ring is 1. The monoisotopic (exact) mass is 274 g/mol. The summed E-state index contributed by atoms with van der Waals surface area (Å²) in [4.78, 5) is 6.65. The second-order valence-corrected chi connectivity index (χ2v) is 3.62. The average Bonchev–Trinajstić information content (AvgIpc) is 2.71. The number of rotatable bonds is 3. The lowest BCUT2D eigenvalue weighted by atomic mass is 10.4. The zero-order valence-corrected chi connectivity index (χ0v) is 9.72. The highest BCUT2D eigenvalue weighted by atomic mass is 19.4. The quantitative estimate of drug-likeness (QED) is 0.889. The van der Waals surface area contributed by atoms with Crippen LogP contribution in [0.25, 0.3) is 0 Å². The molecule has 2 N–H and O–H groups in total. The van der Waals surface area contributed by atoms with Gasteiger partial charge in [0.05, 0.1) is 6.20 Å². The van der Waals surface area contributed by atoms with E-state index in [1.807, 2.05) is 0 Å². The van der Waals surface area contributed by atoms with Gasteiger partial charge in [-0.15, -0.1) is 5.10 Å². The summed E-state index contributed by atoms with van der Waals surface area (Å²) in [5, 5.41) is 7.37. The van der Waals surface area contributed by atoms with Crippen molar-refractivity contribution in [1.29, 1.82) is 0 Å². The summed E-state index contributed by atoms with van der Waals surface area (Å²) in [5.41, 5.74) is 4.49. The van der Waals surface area contributed by atoms with Gasteiger partial charge in [0, 0.05) is 13.1 Å². The molecule has 0 atom stereocenters. The zero-order chi connectivity index (χ0) is 14.0. The molecule has 19 heavy (non-hydrogen) atoms. The number of ether oxygens (including phenoxy) is 1. The fourth-order valence-electron chi connectivity index (χ4n) is 1.27. The van der Waals surface area contributed by atoms with E-state index in [2.05, 4.69) is 20.3 Å². The standard InChI is InChI=1S/C9H9F3N6O/c1-18-3-5(16-17-18)4-19-7-2-6(9(10,11)12)14-8(13)15-7/h2-3H,4H2,1H3,(H2,13,14,15). The molecular formula is C9H9F3N6O. The van der Waals surface area contributed by atoms with Crippen LogP contribution < -0.4 is 10.5 Å². The van der Waals surface area contributed by atoms with Crippen LogP contribution in [0, 0.1) is 0 Å². The number of halogens is 3. The van der Waals surface area contributed by atoms with Gasteiger partial charge in [-0.25, -0.2) is 4.98 Å². The Morgan fingerprint density at radius 3 is 2.68 bits per heavy atom. The van der Waals surface area contributed by atoms with Crippen LogP contribution in [-0.4, -0.2) is 25.0 Å². The SMILES string of the molecule is Cn1cc(COc2cc(C(F)(F)F)nc(N)n2)nn1. The Labute approximate surface area is 105 Å². The molecule has 102 valence electrons. The molecule has 0 aliphatic carbocycles. The molecule has 0 aliphatic heterocycles. The average molecular weight is 274 g/mol. The van der Waals surface area contributed by atoms with Crippen LogP contribution in [-0.2, 0) is 19.8 Å². The molecule has 2 rings (SSSR count). The topological polar surface area (TPSA) is 91.7 Å². The molecule has 0 radical (unpaired) electrons. The Morgan fingerprint density at radius 2 is 2.11 bits per heavy atom. The van der Waals surface area contributed by atoms with Crippen LogP contribution in [0.4, 0.5) is 19.1 Å². The first kappa shape index (κ1) is 13.1. The van der Waals surface area contributed by atoms with Gasteiger partial charge in [0.25, 0.3) is 0 Å². The van der Waals surface area contributed by atoms with Gasteiger partial charge >= 0.3 is 6.18 Å². The van der Waals surface area contributed by atoms with E-state index in [9.17, 15) is 13.2 Å². The minimum atomic E-state index is -4.61. The highest BCUT2D eigenvalue weighted by Crippen LogP contribution is 2.29. The van der Waals surface area contributed by atoms with Gasteiger partial charge in [-0.05, 0) is 0 Å². The number of alkyl halides is 3. The number of aromatic nitrogens is 5. The number of anilines is 1. The van der Waals surface area contributed by atoms with Crippen molar-refractivity contribution in [2.45, 2.75) is 12.8 Å². The Bertz CT molecular complexity index is 582. The third kappa shape index (κ3) is 3.30. The summed E-state index contributed by atoms with van der Waals surface area (Å²) in [6, 6.07) is 0.673. The van der Waals surface area contributed by atoms with Gasteiger partial charge in [0.15, 0.2) is 5.69 Å². The maximum Gasteiger partial charge on any atom is 0.433 e. The minimum Gasteiger partial charge on any atom is -0.471 e. The first-order chi connectivity index (χ1) is 8.84. The van der Waals surface area contributed by atoms with E-state index < -0.39 is 17.8 Å². The van der Waals surface area contributed by atoms with Crippen LogP contribution in [0.1, 0.15) is 11.4 Å². The fraction of sp³-hybridized carbons (Fsp3) is 0.333. The van der Waals surface area contributed by atoms with E-state index in [0.717, 1.165) is 0 Å². The lowest BCUT2D eigenvalue weighted by Crippen LogP contribution is -2.11. The van der Waals surface area contributed by atoms with Crippen molar-refractivity contribution in [3.63, 3.8) is 0 Å². The van der Waals surface area contributed by atoms with Gasteiger partial charge in [-0.2, -0.15) is 18.2 Å². The number of aryl methyl sites for hydroxylation is 1. The predicted molar refractivity (Wildman–Crippen MR) is 56.8 cm³/mol. The van der Waals surface area contributed by atoms with E-state index in [1.54, 1.807) is 13.2 Å². The molecule has 2 aromatic heterocycles. The third-order valence-corrected chi connectivity index (χ3v) is 2.03. The molecule has 0 bridgehead atoms.